The molecule has 0 unspecified atom stereocenters. The van der Waals surface area contributed by atoms with Gasteiger partial charge < -0.3 is 10.2 Å². The van der Waals surface area contributed by atoms with Crippen molar-refractivity contribution in [2.45, 2.75) is 25.3 Å². The van der Waals surface area contributed by atoms with Gasteiger partial charge >= 0.3 is 0 Å². The number of nitrogens with zero attached hydrogens (tertiary/aromatic N) is 2. The van der Waals surface area contributed by atoms with Gasteiger partial charge in [-0.1, -0.05) is 0 Å². The fraction of sp³-hybridized carbons (Fsp3) is 1.00. The SMILES string of the molecule is CN1CCN(S(=O)(=O)CCCNC2CC2)CC1. The van der Waals surface area contributed by atoms with Crippen molar-refractivity contribution in [1.82, 2.24) is 14.5 Å². The largest absolute Gasteiger partial charge is 0.314 e. The second kappa shape index (κ2) is 5.65. The number of nitrogens with one attached hydrogen (secondary N) is 1. The van der Waals surface area contributed by atoms with Crippen molar-refractivity contribution in [2.75, 3.05) is 45.5 Å². The molecule has 2 fully saturated rings. The van der Waals surface area contributed by atoms with Crippen LogP contribution >= 0.6 is 0 Å². The summed E-state index contributed by atoms with van der Waals surface area (Å²) in [6.07, 6.45) is 3.24. The Bertz CT molecular complexity index is 333. The average molecular weight is 261 g/mol. The van der Waals surface area contributed by atoms with Gasteiger partial charge in [-0.05, 0) is 32.9 Å². The molecule has 100 valence electrons. The van der Waals surface area contributed by atoms with Gasteiger partial charge in [-0.25, -0.2) is 8.42 Å². The van der Waals surface area contributed by atoms with E-state index < -0.39 is 10.0 Å². The van der Waals surface area contributed by atoms with E-state index in [9.17, 15) is 8.42 Å². The van der Waals surface area contributed by atoms with Crippen molar-refractivity contribution in [2.24, 2.45) is 0 Å². The fourth-order valence-corrected chi connectivity index (χ4v) is 3.53. The van der Waals surface area contributed by atoms with Crippen molar-refractivity contribution in [3.8, 4) is 0 Å². The molecule has 0 bridgehead atoms. The second-order valence-electron chi connectivity index (χ2n) is 5.10. The molecule has 0 aromatic heterocycles. The molecule has 1 aliphatic heterocycles. The van der Waals surface area contributed by atoms with Crippen LogP contribution < -0.4 is 5.32 Å². The van der Waals surface area contributed by atoms with E-state index in [1.165, 1.54) is 12.8 Å². The van der Waals surface area contributed by atoms with Crippen LogP contribution in [0.4, 0.5) is 0 Å². The molecule has 2 rings (SSSR count). The van der Waals surface area contributed by atoms with Crippen LogP contribution in [0.2, 0.25) is 0 Å². The summed E-state index contributed by atoms with van der Waals surface area (Å²) in [6, 6.07) is 0.668. The van der Waals surface area contributed by atoms with Crippen LogP contribution in [0.25, 0.3) is 0 Å². The number of piperazine rings is 1. The molecule has 1 heterocycles. The molecule has 1 saturated carbocycles. The Labute approximate surface area is 104 Å². The lowest BCUT2D eigenvalue weighted by atomic mass is 10.4. The summed E-state index contributed by atoms with van der Waals surface area (Å²) in [5, 5.41) is 3.35. The zero-order valence-electron chi connectivity index (χ0n) is 10.6. The van der Waals surface area contributed by atoms with E-state index in [1.54, 1.807) is 4.31 Å². The predicted octanol–water partition coefficient (Wildman–Crippen LogP) is -0.294. The van der Waals surface area contributed by atoms with E-state index in [0.29, 0.717) is 19.1 Å². The molecule has 0 spiro atoms. The van der Waals surface area contributed by atoms with E-state index >= 15 is 0 Å². The molecule has 1 aliphatic carbocycles. The Balaban J connectivity index is 1.69. The highest BCUT2D eigenvalue weighted by Crippen LogP contribution is 2.18. The fourth-order valence-electron chi connectivity index (χ4n) is 2.04. The van der Waals surface area contributed by atoms with Crippen LogP contribution in [0.5, 0.6) is 0 Å². The van der Waals surface area contributed by atoms with E-state index in [0.717, 1.165) is 26.1 Å². The first kappa shape index (κ1) is 13.3. The van der Waals surface area contributed by atoms with Crippen molar-refractivity contribution in [3.63, 3.8) is 0 Å². The first-order valence-corrected chi connectivity index (χ1v) is 8.08. The molecule has 2 aliphatic rings. The Hall–Kier alpha value is -0.170. The second-order valence-corrected chi connectivity index (χ2v) is 7.19. The van der Waals surface area contributed by atoms with Crippen LogP contribution in [0.15, 0.2) is 0 Å². The highest BCUT2D eigenvalue weighted by atomic mass is 32.2. The molecule has 0 atom stereocenters. The Kier molecular flexibility index (Phi) is 4.41. The molecule has 1 N–H and O–H groups in total. The first-order valence-electron chi connectivity index (χ1n) is 6.48. The Morgan fingerprint density at radius 3 is 2.41 bits per heavy atom. The standard InChI is InChI=1S/C11H23N3O2S/c1-13-6-8-14(9-7-13)17(15,16)10-2-5-12-11-3-4-11/h11-12H,2-10H2,1H3. The highest BCUT2D eigenvalue weighted by Gasteiger charge is 2.25. The van der Waals surface area contributed by atoms with Gasteiger partial charge in [0.1, 0.15) is 0 Å². The summed E-state index contributed by atoms with van der Waals surface area (Å²) < 4.78 is 25.7. The van der Waals surface area contributed by atoms with Gasteiger partial charge in [0.2, 0.25) is 10.0 Å². The number of rotatable bonds is 6. The topological polar surface area (TPSA) is 52.7 Å². The summed E-state index contributed by atoms with van der Waals surface area (Å²) in [7, 11) is -0.986. The van der Waals surface area contributed by atoms with Crippen LogP contribution in [-0.2, 0) is 10.0 Å². The van der Waals surface area contributed by atoms with Crippen LogP contribution in [0.1, 0.15) is 19.3 Å². The van der Waals surface area contributed by atoms with Gasteiger partial charge in [0.05, 0.1) is 5.75 Å². The molecule has 0 amide bonds. The maximum atomic E-state index is 12.0. The van der Waals surface area contributed by atoms with E-state index in [2.05, 4.69) is 10.2 Å². The minimum absolute atomic E-state index is 0.288. The zero-order valence-corrected chi connectivity index (χ0v) is 11.4. The molecule has 0 aromatic carbocycles. The minimum Gasteiger partial charge on any atom is -0.314 e. The van der Waals surface area contributed by atoms with Crippen LogP contribution in [0, 0.1) is 0 Å². The van der Waals surface area contributed by atoms with E-state index in [-0.39, 0.29) is 5.75 Å². The molecule has 1 saturated heterocycles. The molecule has 0 aromatic rings. The summed E-state index contributed by atoms with van der Waals surface area (Å²) in [5.41, 5.74) is 0. The lowest BCUT2D eigenvalue weighted by Crippen LogP contribution is -2.47. The van der Waals surface area contributed by atoms with Crippen molar-refractivity contribution in [3.05, 3.63) is 0 Å². The minimum atomic E-state index is -3.02. The summed E-state index contributed by atoms with van der Waals surface area (Å²) in [4.78, 5) is 2.17. The third kappa shape index (κ3) is 4.21. The molecular formula is C11H23N3O2S. The maximum absolute atomic E-state index is 12.0. The van der Waals surface area contributed by atoms with E-state index in [1.807, 2.05) is 7.05 Å². The molecule has 5 nitrogen and oxygen atoms in total. The van der Waals surface area contributed by atoms with Gasteiger partial charge in [-0.15, -0.1) is 0 Å². The maximum Gasteiger partial charge on any atom is 0.214 e. The number of hydrogen-bond donors (Lipinski definition) is 1. The van der Waals surface area contributed by atoms with Crippen LogP contribution in [0.3, 0.4) is 0 Å². The van der Waals surface area contributed by atoms with Gasteiger partial charge in [-0.2, -0.15) is 4.31 Å². The van der Waals surface area contributed by atoms with Gasteiger partial charge in [0, 0.05) is 32.2 Å². The number of hydrogen-bond acceptors (Lipinski definition) is 4. The average Bonchev–Trinajstić information content (AvgIpc) is 3.09. The Morgan fingerprint density at radius 2 is 1.82 bits per heavy atom. The van der Waals surface area contributed by atoms with Crippen LogP contribution in [-0.4, -0.2) is 69.2 Å². The van der Waals surface area contributed by atoms with Gasteiger partial charge in [0.15, 0.2) is 0 Å². The highest BCUT2D eigenvalue weighted by molar-refractivity contribution is 7.89. The quantitative estimate of drug-likeness (QED) is 0.667. The third-order valence-electron chi connectivity index (χ3n) is 3.45. The summed E-state index contributed by atoms with van der Waals surface area (Å²) in [6.45, 7) is 3.82. The molecule has 0 radical (unpaired) electrons. The zero-order chi connectivity index (χ0) is 12.3. The summed E-state index contributed by atoms with van der Waals surface area (Å²) in [5.74, 6) is 0.288. The van der Waals surface area contributed by atoms with Crippen molar-refractivity contribution in [1.29, 1.82) is 0 Å². The van der Waals surface area contributed by atoms with Crippen molar-refractivity contribution < 1.29 is 8.42 Å². The Morgan fingerprint density at radius 1 is 1.18 bits per heavy atom. The van der Waals surface area contributed by atoms with Gasteiger partial charge in [-0.3, -0.25) is 0 Å². The predicted molar refractivity (Wildman–Crippen MR) is 68.5 cm³/mol. The smallest absolute Gasteiger partial charge is 0.214 e. The van der Waals surface area contributed by atoms with Gasteiger partial charge in [0.25, 0.3) is 0 Å². The number of likely N-dealkylation sites (N-methyl/N-ethyl adjacent to an activating group) is 1. The third-order valence-corrected chi connectivity index (χ3v) is 5.40. The monoisotopic (exact) mass is 261 g/mol. The van der Waals surface area contributed by atoms with Crippen molar-refractivity contribution >= 4 is 10.0 Å². The molecule has 6 heteroatoms. The lowest BCUT2D eigenvalue weighted by Gasteiger charge is -2.31. The molecule has 17 heavy (non-hydrogen) atoms. The lowest BCUT2D eigenvalue weighted by molar-refractivity contribution is 0.222. The van der Waals surface area contributed by atoms with E-state index in [4.69, 9.17) is 0 Å². The molecular weight excluding hydrogens is 238 g/mol. The normalized spacial score (nSPS) is 24.1. The first-order chi connectivity index (χ1) is 8.08. The summed E-state index contributed by atoms with van der Waals surface area (Å²) >= 11 is 0. The number of sulfonamides is 1.